The Morgan fingerprint density at radius 3 is 0.828 bits per heavy atom. The normalized spacial score (nSPS) is 11.7. The Hall–Kier alpha value is -0.260. The van der Waals surface area contributed by atoms with E-state index in [0.29, 0.717) is 0 Å². The van der Waals surface area contributed by atoms with Gasteiger partial charge in [0.25, 0.3) is 0 Å². The summed E-state index contributed by atoms with van der Waals surface area (Å²) in [6.45, 7) is 7.79. The summed E-state index contributed by atoms with van der Waals surface area (Å²) in [5.74, 6) is 0. The van der Waals surface area contributed by atoms with Gasteiger partial charge in [-0.25, -0.2) is 0 Å². The molecule has 0 aliphatic carbocycles. The van der Waals surface area contributed by atoms with Crippen molar-refractivity contribution in [3.63, 3.8) is 0 Å². The molecule has 0 saturated heterocycles. The van der Waals surface area contributed by atoms with Crippen LogP contribution in [-0.2, 0) is 0 Å². The van der Waals surface area contributed by atoms with Crippen LogP contribution in [0.1, 0.15) is 161 Å². The topological polar surface area (TPSA) is 0 Å². The number of hydrogen-bond donors (Lipinski definition) is 0. The zero-order valence-corrected chi connectivity index (χ0v) is 20.2. The minimum atomic E-state index is 1.07. The van der Waals surface area contributed by atoms with Crippen LogP contribution >= 0.6 is 0 Å². The summed E-state index contributed by atoms with van der Waals surface area (Å²) in [5.41, 5.74) is 0. The molecule has 0 aromatic heterocycles. The monoisotopic (exact) mass is 404 g/mol. The molecule has 0 rings (SSSR count). The number of rotatable bonds is 25. The number of allylic oxidation sites excluding steroid dienone is 2. The van der Waals surface area contributed by atoms with Gasteiger partial charge in [0.1, 0.15) is 0 Å². The molecular formula is C29H56. The van der Waals surface area contributed by atoms with E-state index in [1.165, 1.54) is 148 Å². The van der Waals surface area contributed by atoms with Crippen molar-refractivity contribution >= 4 is 0 Å². The summed E-state index contributed by atoms with van der Waals surface area (Å²) in [6.07, 6.45) is 39.7. The molecule has 0 aromatic carbocycles. The highest BCUT2D eigenvalue weighted by molar-refractivity contribution is 4.81. The minimum Gasteiger partial charge on any atom is -0.0885 e. The van der Waals surface area contributed by atoms with Crippen molar-refractivity contribution in [3.8, 4) is 0 Å². The van der Waals surface area contributed by atoms with Crippen LogP contribution in [0.25, 0.3) is 0 Å². The van der Waals surface area contributed by atoms with E-state index in [2.05, 4.69) is 26.0 Å². The molecule has 29 heavy (non-hydrogen) atoms. The minimum absolute atomic E-state index is 1.07. The van der Waals surface area contributed by atoms with Crippen molar-refractivity contribution < 1.29 is 0 Å². The SMILES string of the molecule is [CH2]CCC/C=C/CCCCCCCCCCCCCCCCCCCCCC[CH2]. The lowest BCUT2D eigenvalue weighted by Crippen LogP contribution is -1.84. The molecule has 0 atom stereocenters. The van der Waals surface area contributed by atoms with Crippen LogP contribution in [0.2, 0.25) is 0 Å². The van der Waals surface area contributed by atoms with Gasteiger partial charge in [-0.15, -0.1) is 0 Å². The second-order valence-corrected chi connectivity index (χ2v) is 9.18. The Morgan fingerprint density at radius 2 is 0.517 bits per heavy atom. The molecule has 0 saturated carbocycles. The smallest absolute Gasteiger partial charge is 0.0351 e. The number of hydrogen-bond acceptors (Lipinski definition) is 0. The predicted octanol–water partition coefficient (Wildman–Crippen LogP) is 11.0. The van der Waals surface area contributed by atoms with Crippen LogP contribution in [-0.4, -0.2) is 0 Å². The second-order valence-electron chi connectivity index (χ2n) is 9.18. The van der Waals surface area contributed by atoms with E-state index in [1.54, 1.807) is 0 Å². The fourth-order valence-electron chi connectivity index (χ4n) is 4.12. The summed E-state index contributed by atoms with van der Waals surface area (Å²) in [5, 5.41) is 0. The molecular weight excluding hydrogens is 348 g/mol. The maximum absolute atomic E-state index is 3.91. The lowest BCUT2D eigenvalue weighted by atomic mass is 10.0. The van der Waals surface area contributed by atoms with E-state index in [9.17, 15) is 0 Å². The summed E-state index contributed by atoms with van der Waals surface area (Å²) in [4.78, 5) is 0. The van der Waals surface area contributed by atoms with Gasteiger partial charge in [-0.05, 0) is 25.7 Å². The third kappa shape index (κ3) is 27.7. The Morgan fingerprint density at radius 1 is 0.276 bits per heavy atom. The van der Waals surface area contributed by atoms with Crippen LogP contribution < -0.4 is 0 Å². The lowest BCUT2D eigenvalue weighted by molar-refractivity contribution is 0.521. The van der Waals surface area contributed by atoms with Crippen LogP contribution in [0.3, 0.4) is 0 Å². The van der Waals surface area contributed by atoms with E-state index in [-0.39, 0.29) is 0 Å². The van der Waals surface area contributed by atoms with E-state index in [0.717, 1.165) is 12.8 Å². The first kappa shape index (κ1) is 28.7. The molecule has 172 valence electrons. The van der Waals surface area contributed by atoms with Gasteiger partial charge in [0.2, 0.25) is 0 Å². The summed E-state index contributed by atoms with van der Waals surface area (Å²) >= 11 is 0. The molecule has 0 aliphatic rings. The van der Waals surface area contributed by atoms with Gasteiger partial charge in [0.05, 0.1) is 0 Å². The van der Waals surface area contributed by atoms with E-state index < -0.39 is 0 Å². The zero-order chi connectivity index (χ0) is 21.1. The number of unbranched alkanes of at least 4 members (excludes halogenated alkanes) is 23. The van der Waals surface area contributed by atoms with Crippen molar-refractivity contribution in [1.29, 1.82) is 0 Å². The van der Waals surface area contributed by atoms with Crippen LogP contribution in [0.4, 0.5) is 0 Å². The third-order valence-electron chi connectivity index (χ3n) is 6.16. The Labute approximate surface area is 186 Å². The molecule has 0 spiro atoms. The molecule has 0 fully saturated rings. The highest BCUT2D eigenvalue weighted by atomic mass is 14.0. The zero-order valence-electron chi connectivity index (χ0n) is 20.2. The highest BCUT2D eigenvalue weighted by Gasteiger charge is 1.95. The van der Waals surface area contributed by atoms with Gasteiger partial charge in [-0.2, -0.15) is 0 Å². The molecule has 0 heterocycles. The lowest BCUT2D eigenvalue weighted by Gasteiger charge is -2.04. The van der Waals surface area contributed by atoms with Crippen molar-refractivity contribution in [1.82, 2.24) is 0 Å². The van der Waals surface area contributed by atoms with Crippen molar-refractivity contribution in [3.05, 3.63) is 26.0 Å². The maximum atomic E-state index is 3.91. The van der Waals surface area contributed by atoms with Gasteiger partial charge in [0.15, 0.2) is 0 Å². The summed E-state index contributed by atoms with van der Waals surface area (Å²) < 4.78 is 0. The Bertz CT molecular complexity index is 290. The largest absolute Gasteiger partial charge is 0.0885 e. The Kier molecular flexibility index (Phi) is 27.5. The van der Waals surface area contributed by atoms with E-state index in [1.807, 2.05) is 0 Å². The third-order valence-corrected chi connectivity index (χ3v) is 6.16. The van der Waals surface area contributed by atoms with Gasteiger partial charge in [-0.3, -0.25) is 0 Å². The van der Waals surface area contributed by atoms with E-state index >= 15 is 0 Å². The molecule has 0 N–H and O–H groups in total. The van der Waals surface area contributed by atoms with Crippen LogP contribution in [0.5, 0.6) is 0 Å². The van der Waals surface area contributed by atoms with Crippen molar-refractivity contribution in [2.75, 3.05) is 0 Å². The van der Waals surface area contributed by atoms with E-state index in [4.69, 9.17) is 0 Å². The summed E-state index contributed by atoms with van der Waals surface area (Å²) in [7, 11) is 0. The summed E-state index contributed by atoms with van der Waals surface area (Å²) in [6, 6.07) is 0. The average Bonchev–Trinajstić information content (AvgIpc) is 2.74. The van der Waals surface area contributed by atoms with Crippen molar-refractivity contribution in [2.45, 2.75) is 161 Å². The standard InChI is InChI=1S/C29H56/c1-3-5-7-9-11-13-15-17-19-21-23-25-27-29-28-26-24-22-20-18-16-14-12-10-8-6-4-2/h9,11H,1-8,10,12-29H2/b11-9+. The Balaban J connectivity index is 3.01. The molecule has 0 aliphatic heterocycles. The fourth-order valence-corrected chi connectivity index (χ4v) is 4.12. The van der Waals surface area contributed by atoms with Crippen molar-refractivity contribution in [2.24, 2.45) is 0 Å². The first-order valence-corrected chi connectivity index (χ1v) is 13.6. The van der Waals surface area contributed by atoms with Gasteiger partial charge >= 0.3 is 0 Å². The van der Waals surface area contributed by atoms with Crippen LogP contribution in [0.15, 0.2) is 12.2 Å². The molecule has 0 unspecified atom stereocenters. The molecule has 2 radical (unpaired) electrons. The second kappa shape index (κ2) is 27.7. The van der Waals surface area contributed by atoms with Gasteiger partial charge in [-0.1, -0.05) is 161 Å². The molecule has 0 heteroatoms. The quantitative estimate of drug-likeness (QED) is 0.105. The molecule has 0 nitrogen and oxygen atoms in total. The molecule has 0 aromatic rings. The first-order chi connectivity index (χ1) is 14.4. The predicted molar refractivity (Wildman–Crippen MR) is 135 cm³/mol. The highest BCUT2D eigenvalue weighted by Crippen LogP contribution is 2.15. The van der Waals surface area contributed by atoms with Crippen LogP contribution in [0, 0.1) is 13.8 Å². The fraction of sp³-hybridized carbons (Fsp3) is 0.862. The first-order valence-electron chi connectivity index (χ1n) is 13.6. The maximum Gasteiger partial charge on any atom is -0.0351 e. The van der Waals surface area contributed by atoms with Gasteiger partial charge < -0.3 is 0 Å². The van der Waals surface area contributed by atoms with Gasteiger partial charge in [0, 0.05) is 0 Å². The molecule has 0 bridgehead atoms. The molecule has 0 amide bonds. The average molecular weight is 405 g/mol.